The molecular weight excluding hydrogens is 408 g/mol. The molecule has 0 saturated carbocycles. The first kappa shape index (κ1) is 27.4. The average molecular weight is 431 g/mol. The van der Waals surface area contributed by atoms with Gasteiger partial charge in [0, 0.05) is 12.6 Å². The number of aliphatic hydroxyl groups excluding tert-OH is 2. The van der Waals surface area contributed by atoms with E-state index in [2.05, 4.69) is 5.32 Å². The molecule has 0 radical (unpaired) electrons. The molecule has 2 aromatic rings. The van der Waals surface area contributed by atoms with Gasteiger partial charge < -0.3 is 35.3 Å². The van der Waals surface area contributed by atoms with Crippen molar-refractivity contribution in [2.24, 2.45) is 0 Å². The summed E-state index contributed by atoms with van der Waals surface area (Å²) >= 11 is 0. The number of ether oxygens (including phenoxy) is 1. The molecule has 9 heteroatoms. The molecule has 0 fully saturated rings. The maximum atomic E-state index is 11.6. The van der Waals surface area contributed by atoms with Gasteiger partial charge in [-0.1, -0.05) is 24.3 Å². The van der Waals surface area contributed by atoms with Crippen LogP contribution in [0, 0.1) is 0 Å². The molecule has 3 rings (SSSR count). The second-order valence-electron chi connectivity index (χ2n) is 6.98. The van der Waals surface area contributed by atoms with Crippen LogP contribution in [-0.2, 0) is 24.2 Å². The third kappa shape index (κ3) is 7.51. The quantitative estimate of drug-likeness (QED) is 0.355. The molecule has 7 nitrogen and oxygen atoms in total. The summed E-state index contributed by atoms with van der Waals surface area (Å²) < 4.78 is 5.19. The predicted octanol–water partition coefficient (Wildman–Crippen LogP) is -6.43. The Morgan fingerprint density at radius 1 is 1.20 bits per heavy atom. The Hall–Kier alpha value is -0.610. The van der Waals surface area contributed by atoms with E-state index < -0.39 is 18.7 Å². The molecule has 0 amide bonds. The Labute approximate surface area is 220 Å². The number of hydrogen-bond acceptors (Lipinski definition) is 7. The summed E-state index contributed by atoms with van der Waals surface area (Å²) in [7, 11) is 0. The number of aliphatic hydroxyl groups is 2. The third-order valence-corrected chi connectivity index (χ3v) is 5.00. The Bertz CT molecular complexity index is 848. The largest absolute Gasteiger partial charge is 1.00 e. The molecule has 0 heterocycles. The molecule has 0 saturated heterocycles. The van der Waals surface area contributed by atoms with Gasteiger partial charge >= 0.3 is 59.1 Å². The fourth-order valence-corrected chi connectivity index (χ4v) is 3.47. The maximum absolute atomic E-state index is 11.6. The van der Waals surface area contributed by atoms with Crippen LogP contribution in [0.2, 0.25) is 0 Å². The zero-order chi connectivity index (χ0) is 20.1. The summed E-state index contributed by atoms with van der Waals surface area (Å²) in [4.78, 5) is 10.5. The van der Waals surface area contributed by atoms with Crippen LogP contribution in [0.1, 0.15) is 34.8 Å². The summed E-state index contributed by atoms with van der Waals surface area (Å²) in [6, 6.07) is 10.2. The van der Waals surface area contributed by atoms with E-state index in [0.29, 0.717) is 17.9 Å². The number of rotatable bonds is 8. The normalized spacial score (nSPS) is 15.9. The van der Waals surface area contributed by atoms with Crippen LogP contribution in [-0.4, -0.2) is 35.4 Å². The number of aliphatic carboxylic acids is 1. The number of fused-ring (bicyclic) bond motifs is 1. The van der Waals surface area contributed by atoms with Gasteiger partial charge in [-0.05, 0) is 53.6 Å². The van der Waals surface area contributed by atoms with E-state index in [0.717, 1.165) is 24.8 Å². The van der Waals surface area contributed by atoms with Crippen molar-refractivity contribution in [1.29, 1.82) is 0 Å². The number of hydrogen-bond donors (Lipinski definition) is 3. The number of carboxylic acids is 1. The fraction of sp³-hybridized carbons (Fsp3) is 0.381. The van der Waals surface area contributed by atoms with Crippen LogP contribution in [0.5, 0.6) is 11.5 Å². The van der Waals surface area contributed by atoms with Gasteiger partial charge in [-0.25, -0.2) is 0 Å². The molecule has 150 valence electrons. The monoisotopic (exact) mass is 431 g/mol. The smallest absolute Gasteiger partial charge is 0.872 e. The number of aryl methyl sites for hydroxylation is 1. The number of carbonyl (C=O) groups is 1. The van der Waals surface area contributed by atoms with E-state index in [1.165, 1.54) is 17.7 Å². The van der Waals surface area contributed by atoms with E-state index in [1.807, 2.05) is 12.1 Å². The minimum atomic E-state index is -1.26. The summed E-state index contributed by atoms with van der Waals surface area (Å²) in [5, 5.41) is 45.0. The van der Waals surface area contributed by atoms with Crippen molar-refractivity contribution in [3.05, 3.63) is 58.7 Å². The van der Waals surface area contributed by atoms with Crippen molar-refractivity contribution in [2.45, 2.75) is 38.0 Å². The number of benzene rings is 2. The second-order valence-corrected chi connectivity index (χ2v) is 6.98. The van der Waals surface area contributed by atoms with Crippen LogP contribution in [0.4, 0.5) is 0 Å². The van der Waals surface area contributed by atoms with E-state index >= 15 is 0 Å². The Morgan fingerprint density at radius 3 is 2.67 bits per heavy atom. The minimum Gasteiger partial charge on any atom is -0.872 e. The Balaban J connectivity index is 0.00000225. The summed E-state index contributed by atoms with van der Waals surface area (Å²) in [5.74, 6) is -1.01. The van der Waals surface area contributed by atoms with E-state index in [1.54, 1.807) is 12.1 Å². The standard InChI is InChI=1S/C21H25NO6.2Na/c23-11-16-7-14(3-6-19(16)24)20(25)10-22-17-4-1-13-2-5-18(9-15(13)8-17)28-12-21(26)27;;/h2-3,5-7,9,17,20,22-25H,1,4,8,10-12H2,(H,26,27);;/q;2*+1/p-2/t17-,20+;;/m0../s1. The van der Waals surface area contributed by atoms with Crippen LogP contribution in [0.15, 0.2) is 36.4 Å². The minimum absolute atomic E-state index is 0. The van der Waals surface area contributed by atoms with Crippen LogP contribution in [0.3, 0.4) is 0 Å². The molecule has 0 unspecified atom stereocenters. The van der Waals surface area contributed by atoms with Gasteiger partial charge in [0.2, 0.25) is 0 Å². The first-order valence-corrected chi connectivity index (χ1v) is 9.23. The van der Waals surface area contributed by atoms with Crippen molar-refractivity contribution in [3.63, 3.8) is 0 Å². The zero-order valence-corrected chi connectivity index (χ0v) is 21.4. The van der Waals surface area contributed by atoms with Gasteiger partial charge in [0.05, 0.1) is 18.7 Å². The fourth-order valence-electron chi connectivity index (χ4n) is 3.47. The van der Waals surface area contributed by atoms with Gasteiger partial charge in [0.25, 0.3) is 0 Å². The Morgan fingerprint density at radius 2 is 1.97 bits per heavy atom. The van der Waals surface area contributed by atoms with Gasteiger partial charge in [0.15, 0.2) is 0 Å². The SMILES string of the molecule is O=C([O-])COc1ccc2c(c1)C[C@@H](NC[C@@H](O)c1ccc([O-])c(CO)c1)CC2.[Na+].[Na+]. The first-order valence-electron chi connectivity index (χ1n) is 9.23. The predicted molar refractivity (Wildman–Crippen MR) is 97.5 cm³/mol. The maximum Gasteiger partial charge on any atom is 1.00 e. The first-order chi connectivity index (χ1) is 13.5. The van der Waals surface area contributed by atoms with Crippen molar-refractivity contribution >= 4 is 5.97 Å². The molecule has 3 N–H and O–H groups in total. The topological polar surface area (TPSA) is 125 Å². The molecule has 0 bridgehead atoms. The molecule has 2 aromatic carbocycles. The second kappa shape index (κ2) is 13.1. The summed E-state index contributed by atoms with van der Waals surface area (Å²) in [5.41, 5.74) is 3.16. The van der Waals surface area contributed by atoms with Crippen molar-refractivity contribution < 1.29 is 89.1 Å². The average Bonchev–Trinajstić information content (AvgIpc) is 2.70. The molecule has 0 aromatic heterocycles. The number of nitrogens with one attached hydrogen (secondary N) is 1. The van der Waals surface area contributed by atoms with Crippen LogP contribution >= 0.6 is 0 Å². The van der Waals surface area contributed by atoms with Crippen LogP contribution in [0.25, 0.3) is 0 Å². The third-order valence-electron chi connectivity index (χ3n) is 5.00. The molecule has 0 spiro atoms. The summed E-state index contributed by atoms with van der Waals surface area (Å²) in [6.45, 7) is -0.511. The molecule has 2 atom stereocenters. The number of carbonyl (C=O) groups excluding carboxylic acids is 1. The van der Waals surface area contributed by atoms with E-state index in [-0.39, 0.29) is 83.1 Å². The Kier molecular flexibility index (Phi) is 11.9. The van der Waals surface area contributed by atoms with Gasteiger partial charge in [0.1, 0.15) is 12.4 Å². The van der Waals surface area contributed by atoms with Gasteiger partial charge in [-0.15, -0.1) is 5.75 Å². The molecule has 0 aliphatic heterocycles. The van der Waals surface area contributed by atoms with E-state index in [4.69, 9.17) is 4.74 Å². The number of carboxylic acid groups (broad SMARTS) is 1. The summed E-state index contributed by atoms with van der Waals surface area (Å²) in [6.07, 6.45) is 1.75. The van der Waals surface area contributed by atoms with Crippen molar-refractivity contribution in [2.75, 3.05) is 13.2 Å². The zero-order valence-electron chi connectivity index (χ0n) is 17.4. The van der Waals surface area contributed by atoms with Crippen LogP contribution < -0.4 is 79.4 Å². The molecule has 1 aliphatic carbocycles. The van der Waals surface area contributed by atoms with Gasteiger partial charge in [-0.3, -0.25) is 0 Å². The van der Waals surface area contributed by atoms with Crippen molar-refractivity contribution in [3.8, 4) is 11.5 Å². The molecule has 30 heavy (non-hydrogen) atoms. The van der Waals surface area contributed by atoms with Crippen molar-refractivity contribution in [1.82, 2.24) is 5.32 Å². The van der Waals surface area contributed by atoms with E-state index in [9.17, 15) is 25.2 Å². The molecule has 1 aliphatic rings. The van der Waals surface area contributed by atoms with Gasteiger partial charge in [-0.2, -0.15) is 0 Å². The molecular formula is C21H23NNa2O6.